The maximum atomic E-state index is 12.4. The molecular formula is C17H31IN4O4. The van der Waals surface area contributed by atoms with Crippen molar-refractivity contribution in [1.82, 2.24) is 15.1 Å². The minimum atomic E-state index is -0.244. The summed E-state index contributed by atoms with van der Waals surface area (Å²) in [4.78, 5) is 32.0. The van der Waals surface area contributed by atoms with Crippen molar-refractivity contribution in [2.75, 3.05) is 53.0 Å². The van der Waals surface area contributed by atoms with Crippen molar-refractivity contribution in [3.8, 4) is 0 Å². The number of amides is 1. The van der Waals surface area contributed by atoms with E-state index in [4.69, 9.17) is 9.47 Å². The molecule has 2 rings (SSSR count). The van der Waals surface area contributed by atoms with Gasteiger partial charge in [-0.1, -0.05) is 0 Å². The number of carbonyl (C=O) groups excluding carboxylic acids is 2. The zero-order valence-corrected chi connectivity index (χ0v) is 18.1. The van der Waals surface area contributed by atoms with Gasteiger partial charge in [-0.15, -0.1) is 24.0 Å². The summed E-state index contributed by atoms with van der Waals surface area (Å²) < 4.78 is 10.4. The fraction of sp³-hybridized carbons (Fsp3) is 0.824. The predicted molar refractivity (Wildman–Crippen MR) is 110 cm³/mol. The van der Waals surface area contributed by atoms with Gasteiger partial charge in [-0.2, -0.15) is 0 Å². The number of nitrogens with one attached hydrogen (secondary N) is 1. The van der Waals surface area contributed by atoms with E-state index in [1.54, 1.807) is 14.0 Å². The Kier molecular flexibility index (Phi) is 10.9. The molecule has 1 unspecified atom stereocenters. The molecular weight excluding hydrogens is 451 g/mol. The summed E-state index contributed by atoms with van der Waals surface area (Å²) in [5, 5.41) is 3.28. The van der Waals surface area contributed by atoms with Gasteiger partial charge in [0.15, 0.2) is 5.96 Å². The van der Waals surface area contributed by atoms with Crippen molar-refractivity contribution in [2.45, 2.75) is 38.7 Å². The first-order valence-corrected chi connectivity index (χ1v) is 9.17. The molecule has 1 N–H and O–H groups in total. The maximum Gasteiger partial charge on any atom is 0.305 e. The van der Waals surface area contributed by atoms with Gasteiger partial charge < -0.3 is 24.6 Å². The van der Waals surface area contributed by atoms with Gasteiger partial charge in [0.2, 0.25) is 0 Å². The van der Waals surface area contributed by atoms with Gasteiger partial charge in [0, 0.05) is 52.8 Å². The van der Waals surface area contributed by atoms with Gasteiger partial charge in [0.1, 0.15) is 6.10 Å². The van der Waals surface area contributed by atoms with Crippen molar-refractivity contribution in [1.29, 1.82) is 0 Å². The quantitative estimate of drug-likeness (QED) is 0.199. The lowest BCUT2D eigenvalue weighted by Crippen LogP contribution is -2.55. The highest BCUT2D eigenvalue weighted by Crippen LogP contribution is 2.16. The van der Waals surface area contributed by atoms with E-state index in [0.717, 1.165) is 31.9 Å². The van der Waals surface area contributed by atoms with Crippen LogP contribution in [0.2, 0.25) is 0 Å². The summed E-state index contributed by atoms with van der Waals surface area (Å²) in [7, 11) is 1.75. The van der Waals surface area contributed by atoms with Crippen LogP contribution in [0.1, 0.15) is 32.6 Å². The molecule has 0 aromatic rings. The number of rotatable bonds is 6. The number of halogens is 1. The number of ether oxygens (including phenoxy) is 2. The van der Waals surface area contributed by atoms with Crippen LogP contribution in [-0.2, 0) is 19.1 Å². The van der Waals surface area contributed by atoms with Gasteiger partial charge in [-0.05, 0) is 26.2 Å². The van der Waals surface area contributed by atoms with Gasteiger partial charge in [-0.25, -0.2) is 0 Å². The first-order chi connectivity index (χ1) is 12.2. The van der Waals surface area contributed by atoms with Crippen LogP contribution in [0.25, 0.3) is 0 Å². The van der Waals surface area contributed by atoms with Gasteiger partial charge in [0.25, 0.3) is 5.91 Å². The third-order valence-corrected chi connectivity index (χ3v) is 4.45. The molecule has 2 aliphatic rings. The van der Waals surface area contributed by atoms with Crippen LogP contribution < -0.4 is 5.32 Å². The molecule has 0 saturated carbocycles. The molecule has 2 heterocycles. The molecule has 9 heteroatoms. The zero-order valence-electron chi connectivity index (χ0n) is 15.7. The number of piperazine rings is 1. The molecule has 0 spiro atoms. The summed E-state index contributed by atoms with van der Waals surface area (Å²) in [5.41, 5.74) is 0. The number of guanidine groups is 1. The van der Waals surface area contributed by atoms with Crippen molar-refractivity contribution in [3.63, 3.8) is 0 Å². The minimum absolute atomic E-state index is 0. The molecule has 0 aromatic carbocycles. The lowest BCUT2D eigenvalue weighted by Gasteiger charge is -2.37. The molecule has 1 amide bonds. The van der Waals surface area contributed by atoms with E-state index in [1.807, 2.05) is 4.90 Å². The average molecular weight is 482 g/mol. The summed E-state index contributed by atoms with van der Waals surface area (Å²) in [6.45, 7) is 6.44. The summed E-state index contributed by atoms with van der Waals surface area (Å²) in [5.74, 6) is 0.767. The third-order valence-electron chi connectivity index (χ3n) is 4.45. The van der Waals surface area contributed by atoms with Crippen LogP contribution >= 0.6 is 24.0 Å². The number of nitrogens with zero attached hydrogens (tertiary/aromatic N) is 3. The fourth-order valence-electron chi connectivity index (χ4n) is 3.11. The van der Waals surface area contributed by atoms with Crippen LogP contribution in [0, 0.1) is 0 Å². The Balaban J connectivity index is 0.00000338. The molecule has 8 nitrogen and oxygen atoms in total. The van der Waals surface area contributed by atoms with E-state index in [9.17, 15) is 9.59 Å². The van der Waals surface area contributed by atoms with E-state index in [-0.39, 0.29) is 42.0 Å². The molecule has 2 saturated heterocycles. The molecule has 26 heavy (non-hydrogen) atoms. The number of carbonyl (C=O) groups is 2. The van der Waals surface area contributed by atoms with Crippen LogP contribution in [0.3, 0.4) is 0 Å². The second kappa shape index (κ2) is 12.3. The largest absolute Gasteiger partial charge is 0.466 e. The highest BCUT2D eigenvalue weighted by Gasteiger charge is 2.30. The molecule has 150 valence electrons. The van der Waals surface area contributed by atoms with Gasteiger partial charge in [0.05, 0.1) is 6.61 Å². The minimum Gasteiger partial charge on any atom is -0.466 e. The first kappa shape index (κ1) is 22.9. The van der Waals surface area contributed by atoms with Crippen molar-refractivity contribution < 1.29 is 19.1 Å². The van der Waals surface area contributed by atoms with Crippen molar-refractivity contribution >= 4 is 41.8 Å². The lowest BCUT2D eigenvalue weighted by molar-refractivity contribution is -0.143. The normalized spacial score (nSPS) is 20.5. The monoisotopic (exact) mass is 482 g/mol. The van der Waals surface area contributed by atoms with E-state index < -0.39 is 0 Å². The third kappa shape index (κ3) is 6.90. The molecule has 0 radical (unpaired) electrons. The van der Waals surface area contributed by atoms with E-state index in [0.29, 0.717) is 45.7 Å². The van der Waals surface area contributed by atoms with Crippen molar-refractivity contribution in [2.24, 2.45) is 4.99 Å². The van der Waals surface area contributed by atoms with E-state index >= 15 is 0 Å². The van der Waals surface area contributed by atoms with Crippen LogP contribution in [0.5, 0.6) is 0 Å². The van der Waals surface area contributed by atoms with E-state index in [2.05, 4.69) is 15.2 Å². The molecule has 2 fully saturated rings. The van der Waals surface area contributed by atoms with Gasteiger partial charge >= 0.3 is 5.97 Å². The van der Waals surface area contributed by atoms with Crippen LogP contribution in [-0.4, -0.2) is 86.7 Å². The molecule has 2 aliphatic heterocycles. The SMILES string of the molecule is CCOC(=O)CCCNC(=NC)N1CCN(C(=O)C2CCCO2)CC1.I. The summed E-state index contributed by atoms with van der Waals surface area (Å²) >= 11 is 0. The average Bonchev–Trinajstić information content (AvgIpc) is 3.16. The predicted octanol–water partition coefficient (Wildman–Crippen LogP) is 0.846. The summed E-state index contributed by atoms with van der Waals surface area (Å²) in [6.07, 6.45) is 2.67. The van der Waals surface area contributed by atoms with E-state index in [1.165, 1.54) is 0 Å². The first-order valence-electron chi connectivity index (χ1n) is 9.17. The Bertz CT molecular complexity index is 475. The number of hydrogen-bond acceptors (Lipinski definition) is 5. The second-order valence-electron chi connectivity index (χ2n) is 6.20. The van der Waals surface area contributed by atoms with Crippen molar-refractivity contribution in [3.05, 3.63) is 0 Å². The maximum absolute atomic E-state index is 12.4. The Labute approximate surface area is 172 Å². The summed E-state index contributed by atoms with van der Waals surface area (Å²) in [6, 6.07) is 0. The standard InChI is InChI=1S/C17H30N4O4.HI/c1-3-24-15(22)7-4-8-19-17(18-2)21-11-9-20(10-12-21)16(23)14-6-5-13-25-14;/h14H,3-13H2,1-2H3,(H,18,19);1H. The topological polar surface area (TPSA) is 83.5 Å². The van der Waals surface area contributed by atoms with Crippen LogP contribution in [0.4, 0.5) is 0 Å². The smallest absolute Gasteiger partial charge is 0.305 e. The van der Waals surface area contributed by atoms with Gasteiger partial charge in [-0.3, -0.25) is 14.6 Å². The Hall–Kier alpha value is -1.10. The number of hydrogen-bond donors (Lipinski definition) is 1. The molecule has 0 aromatic heterocycles. The highest BCUT2D eigenvalue weighted by atomic mass is 127. The highest BCUT2D eigenvalue weighted by molar-refractivity contribution is 14.0. The zero-order chi connectivity index (χ0) is 18.1. The Morgan fingerprint density at radius 3 is 2.50 bits per heavy atom. The van der Waals surface area contributed by atoms with Crippen LogP contribution in [0.15, 0.2) is 4.99 Å². The Morgan fingerprint density at radius 1 is 1.23 bits per heavy atom. The Morgan fingerprint density at radius 2 is 1.92 bits per heavy atom. The molecule has 1 atom stereocenters. The number of esters is 1. The lowest BCUT2D eigenvalue weighted by atomic mass is 10.2. The molecule has 0 bridgehead atoms. The number of aliphatic imine (C=N–C) groups is 1. The second-order valence-corrected chi connectivity index (χ2v) is 6.20. The molecule has 0 aliphatic carbocycles. The fourth-order valence-corrected chi connectivity index (χ4v) is 3.11.